The molecule has 3 aromatic rings. The van der Waals surface area contributed by atoms with Gasteiger partial charge in [0.2, 0.25) is 5.91 Å². The number of aromatic nitrogens is 1. The van der Waals surface area contributed by atoms with Gasteiger partial charge in [-0.05, 0) is 35.9 Å². The predicted molar refractivity (Wildman–Crippen MR) is 92.6 cm³/mol. The van der Waals surface area contributed by atoms with Crippen molar-refractivity contribution in [3.8, 4) is 0 Å². The maximum atomic E-state index is 13.6. The summed E-state index contributed by atoms with van der Waals surface area (Å²) in [5.74, 6) is -4.99. The summed E-state index contributed by atoms with van der Waals surface area (Å²) in [6.07, 6.45) is 1.14. The summed E-state index contributed by atoms with van der Waals surface area (Å²) in [6, 6.07) is 10.7. The van der Waals surface area contributed by atoms with Crippen LogP contribution in [-0.2, 0) is 11.2 Å². The molecule has 0 aliphatic rings. The van der Waals surface area contributed by atoms with Crippen LogP contribution in [0.2, 0.25) is 0 Å². The fourth-order valence-electron chi connectivity index (χ4n) is 2.32. The van der Waals surface area contributed by atoms with Crippen LogP contribution in [-0.4, -0.2) is 10.9 Å². The Morgan fingerprint density at radius 2 is 1.67 bits per heavy atom. The molecule has 138 valence electrons. The molecule has 8 heteroatoms. The maximum Gasteiger partial charge on any atom is 0.228 e. The number of nitrogens with zero attached hydrogens (tertiary/aromatic N) is 1. The number of benzene rings is 2. The molecule has 0 saturated carbocycles. The third kappa shape index (κ3) is 4.41. The predicted octanol–water partition coefficient (Wildman–Crippen LogP) is 4.56. The maximum absolute atomic E-state index is 13.6. The minimum absolute atomic E-state index is 0.146. The van der Waals surface area contributed by atoms with Crippen molar-refractivity contribution in [3.63, 3.8) is 0 Å². The molecule has 1 amide bonds. The van der Waals surface area contributed by atoms with Crippen LogP contribution in [0.5, 0.6) is 0 Å². The molecular weight excluding hydrogens is 362 g/mol. The normalized spacial score (nSPS) is 10.5. The van der Waals surface area contributed by atoms with Crippen molar-refractivity contribution in [2.75, 3.05) is 10.6 Å². The third-order valence-corrected chi connectivity index (χ3v) is 3.65. The Labute approximate surface area is 151 Å². The van der Waals surface area contributed by atoms with Gasteiger partial charge in [-0.25, -0.2) is 22.5 Å². The van der Waals surface area contributed by atoms with Gasteiger partial charge in [0.25, 0.3) is 0 Å². The number of halogens is 4. The Morgan fingerprint density at radius 1 is 0.889 bits per heavy atom. The molecule has 27 heavy (non-hydrogen) atoms. The van der Waals surface area contributed by atoms with Gasteiger partial charge in [0, 0.05) is 0 Å². The monoisotopic (exact) mass is 375 g/mol. The Morgan fingerprint density at radius 3 is 2.37 bits per heavy atom. The average Bonchev–Trinajstić information content (AvgIpc) is 2.65. The van der Waals surface area contributed by atoms with Crippen LogP contribution in [0.25, 0.3) is 0 Å². The Kier molecular flexibility index (Phi) is 5.35. The molecule has 0 fully saturated rings. The first kappa shape index (κ1) is 18.4. The highest BCUT2D eigenvalue weighted by atomic mass is 19.2. The SMILES string of the molecule is O=C(Cc1ccccc1F)Nc1ccc(Nc2ccc(F)c(F)c2F)nc1. The number of anilines is 3. The summed E-state index contributed by atoms with van der Waals surface area (Å²) in [5.41, 5.74) is 0.320. The van der Waals surface area contributed by atoms with Crippen LogP contribution in [0.3, 0.4) is 0 Å². The Bertz CT molecular complexity index is 977. The average molecular weight is 375 g/mol. The van der Waals surface area contributed by atoms with Gasteiger partial charge in [-0.1, -0.05) is 18.2 Å². The van der Waals surface area contributed by atoms with E-state index in [2.05, 4.69) is 15.6 Å². The molecule has 0 radical (unpaired) electrons. The van der Waals surface area contributed by atoms with Gasteiger partial charge in [-0.3, -0.25) is 4.79 Å². The van der Waals surface area contributed by atoms with Crippen LogP contribution in [0.15, 0.2) is 54.7 Å². The van der Waals surface area contributed by atoms with E-state index in [-0.39, 0.29) is 23.5 Å². The van der Waals surface area contributed by atoms with Crippen LogP contribution in [0.4, 0.5) is 34.8 Å². The second-order valence-corrected chi connectivity index (χ2v) is 5.60. The van der Waals surface area contributed by atoms with Crippen molar-refractivity contribution >= 4 is 23.1 Å². The summed E-state index contributed by atoms with van der Waals surface area (Å²) in [4.78, 5) is 15.9. The molecule has 0 bridgehead atoms. The Balaban J connectivity index is 1.64. The van der Waals surface area contributed by atoms with Crippen LogP contribution in [0.1, 0.15) is 5.56 Å². The summed E-state index contributed by atoms with van der Waals surface area (Å²) in [7, 11) is 0. The minimum atomic E-state index is -1.59. The molecule has 0 saturated heterocycles. The van der Waals surface area contributed by atoms with Gasteiger partial charge in [0.15, 0.2) is 17.5 Å². The van der Waals surface area contributed by atoms with E-state index in [1.807, 2.05) is 0 Å². The lowest BCUT2D eigenvalue weighted by atomic mass is 10.1. The smallest absolute Gasteiger partial charge is 0.228 e. The second-order valence-electron chi connectivity index (χ2n) is 5.60. The van der Waals surface area contributed by atoms with Gasteiger partial charge in [-0.2, -0.15) is 0 Å². The van der Waals surface area contributed by atoms with Crippen LogP contribution < -0.4 is 10.6 Å². The van der Waals surface area contributed by atoms with Crippen molar-refractivity contribution < 1.29 is 22.4 Å². The van der Waals surface area contributed by atoms with E-state index >= 15 is 0 Å². The van der Waals surface area contributed by atoms with Crippen LogP contribution >= 0.6 is 0 Å². The van der Waals surface area contributed by atoms with E-state index in [4.69, 9.17) is 0 Å². The van der Waals surface area contributed by atoms with Gasteiger partial charge < -0.3 is 10.6 Å². The molecule has 2 aromatic carbocycles. The molecule has 2 N–H and O–H groups in total. The van der Waals surface area contributed by atoms with E-state index in [0.29, 0.717) is 5.69 Å². The van der Waals surface area contributed by atoms with Crippen molar-refractivity contribution in [1.82, 2.24) is 4.98 Å². The van der Waals surface area contributed by atoms with E-state index < -0.39 is 29.2 Å². The van der Waals surface area contributed by atoms with E-state index in [1.54, 1.807) is 6.07 Å². The van der Waals surface area contributed by atoms with E-state index in [1.165, 1.54) is 36.5 Å². The largest absolute Gasteiger partial charge is 0.338 e. The third-order valence-electron chi connectivity index (χ3n) is 3.65. The first-order chi connectivity index (χ1) is 12.9. The Hall–Kier alpha value is -3.42. The number of pyridine rings is 1. The fraction of sp³-hybridized carbons (Fsp3) is 0.0526. The zero-order chi connectivity index (χ0) is 19.4. The van der Waals surface area contributed by atoms with Crippen LogP contribution in [0, 0.1) is 23.3 Å². The van der Waals surface area contributed by atoms with Gasteiger partial charge in [0.05, 0.1) is 24.0 Å². The fourth-order valence-corrected chi connectivity index (χ4v) is 2.32. The summed E-state index contributed by atoms with van der Waals surface area (Å²) < 4.78 is 53.4. The number of carbonyl (C=O) groups excluding carboxylic acids is 1. The number of hydrogen-bond donors (Lipinski definition) is 2. The van der Waals surface area contributed by atoms with Crippen molar-refractivity contribution in [2.24, 2.45) is 0 Å². The summed E-state index contributed by atoms with van der Waals surface area (Å²) in [6.45, 7) is 0. The summed E-state index contributed by atoms with van der Waals surface area (Å²) >= 11 is 0. The first-order valence-electron chi connectivity index (χ1n) is 7.84. The van der Waals surface area contributed by atoms with Crippen molar-refractivity contribution in [2.45, 2.75) is 6.42 Å². The first-order valence-corrected chi connectivity index (χ1v) is 7.84. The zero-order valence-corrected chi connectivity index (χ0v) is 13.8. The highest BCUT2D eigenvalue weighted by Gasteiger charge is 2.14. The quantitative estimate of drug-likeness (QED) is 0.508. The molecule has 4 nitrogen and oxygen atoms in total. The molecule has 0 aliphatic heterocycles. The lowest BCUT2D eigenvalue weighted by Crippen LogP contribution is -2.15. The lowest BCUT2D eigenvalue weighted by Gasteiger charge is -2.09. The molecule has 0 atom stereocenters. The second kappa shape index (κ2) is 7.86. The topological polar surface area (TPSA) is 54.0 Å². The van der Waals surface area contributed by atoms with E-state index in [0.717, 1.165) is 12.1 Å². The molecule has 0 unspecified atom stereocenters. The minimum Gasteiger partial charge on any atom is -0.338 e. The van der Waals surface area contributed by atoms with Crippen molar-refractivity contribution in [1.29, 1.82) is 0 Å². The zero-order valence-electron chi connectivity index (χ0n) is 13.8. The standard InChI is InChI=1S/C19H13F4N3O/c20-13-4-2-1-3-11(13)9-17(27)25-12-5-8-16(24-10-12)26-15-7-6-14(21)18(22)19(15)23/h1-8,10H,9H2,(H,24,26)(H,25,27). The lowest BCUT2D eigenvalue weighted by molar-refractivity contribution is -0.115. The number of rotatable bonds is 5. The van der Waals surface area contributed by atoms with E-state index in [9.17, 15) is 22.4 Å². The highest BCUT2D eigenvalue weighted by molar-refractivity contribution is 5.92. The number of nitrogens with one attached hydrogen (secondary N) is 2. The molecule has 0 aliphatic carbocycles. The number of amides is 1. The molecule has 3 rings (SSSR count). The molecule has 1 heterocycles. The highest BCUT2D eigenvalue weighted by Crippen LogP contribution is 2.23. The van der Waals surface area contributed by atoms with Gasteiger partial charge in [-0.15, -0.1) is 0 Å². The molecule has 0 spiro atoms. The van der Waals surface area contributed by atoms with Gasteiger partial charge >= 0.3 is 0 Å². The number of hydrogen-bond acceptors (Lipinski definition) is 3. The van der Waals surface area contributed by atoms with Gasteiger partial charge in [0.1, 0.15) is 11.6 Å². The summed E-state index contributed by atoms with van der Waals surface area (Å²) in [5, 5.41) is 5.07. The molecular formula is C19H13F4N3O. The molecule has 1 aromatic heterocycles. The van der Waals surface area contributed by atoms with Crippen molar-refractivity contribution in [3.05, 3.63) is 83.6 Å². The number of carbonyl (C=O) groups is 1.